The first kappa shape index (κ1) is 25.8. The van der Waals surface area contributed by atoms with Crippen LogP contribution in [0.25, 0.3) is 0 Å². The summed E-state index contributed by atoms with van der Waals surface area (Å²) < 4.78 is 4.84. The number of ether oxygens (including phenoxy) is 1. The number of hydrogen-bond donors (Lipinski definition) is 0. The minimum Gasteiger partial charge on any atom is -0.463 e. The van der Waals surface area contributed by atoms with Crippen LogP contribution in [0.5, 0.6) is 0 Å². The van der Waals surface area contributed by atoms with Crippen LogP contribution >= 0.6 is 0 Å². The van der Waals surface area contributed by atoms with Gasteiger partial charge in [0.05, 0.1) is 6.61 Å². The number of rotatable bonds is 18. The third kappa shape index (κ3) is 16.3. The molecule has 1 aliphatic carbocycles. The Morgan fingerprint density at radius 3 is 2.07 bits per heavy atom. The van der Waals surface area contributed by atoms with Crippen LogP contribution in [0.4, 0.5) is 0 Å². The van der Waals surface area contributed by atoms with E-state index in [4.69, 9.17) is 4.74 Å². The summed E-state index contributed by atoms with van der Waals surface area (Å²) in [6.07, 6.45) is 25.9. The predicted octanol–water partition coefficient (Wildman–Crippen LogP) is 8.01. The summed E-state index contributed by atoms with van der Waals surface area (Å²) in [7, 11) is 0. The summed E-state index contributed by atoms with van der Waals surface area (Å²) in [5.41, 5.74) is 0. The maximum Gasteiger partial charge on any atom is 0.330 e. The Labute approximate surface area is 181 Å². The molecular weight excluding hydrogens is 356 g/mol. The van der Waals surface area contributed by atoms with Crippen LogP contribution in [0.15, 0.2) is 12.2 Å². The highest BCUT2D eigenvalue weighted by Gasteiger charge is 2.34. The van der Waals surface area contributed by atoms with Crippen molar-refractivity contribution in [1.82, 2.24) is 0 Å². The number of carbonyl (C=O) groups excluding carboxylic acids is 1. The fourth-order valence-corrected chi connectivity index (χ4v) is 4.03. The Kier molecular flexibility index (Phi) is 16.7. The van der Waals surface area contributed by atoms with E-state index < -0.39 is 0 Å². The molecule has 29 heavy (non-hydrogen) atoms. The van der Waals surface area contributed by atoms with E-state index in [0.29, 0.717) is 6.61 Å². The van der Waals surface area contributed by atoms with E-state index in [1.165, 1.54) is 89.5 Å². The van der Waals surface area contributed by atoms with Gasteiger partial charge in [-0.15, -0.1) is 11.8 Å². The Balaban J connectivity index is 1.82. The van der Waals surface area contributed by atoms with Gasteiger partial charge in [0, 0.05) is 18.9 Å². The Morgan fingerprint density at radius 2 is 1.41 bits per heavy atom. The van der Waals surface area contributed by atoms with Crippen molar-refractivity contribution in [3.05, 3.63) is 12.2 Å². The zero-order chi connectivity index (χ0) is 21.0. The molecule has 0 bridgehead atoms. The zero-order valence-electron chi connectivity index (χ0n) is 19.4. The zero-order valence-corrected chi connectivity index (χ0v) is 19.4. The Bertz CT molecular complexity index is 483. The third-order valence-corrected chi connectivity index (χ3v) is 5.96. The van der Waals surface area contributed by atoms with Gasteiger partial charge in [0.2, 0.25) is 0 Å². The number of allylic oxidation sites excluding steroid dienone is 1. The van der Waals surface area contributed by atoms with Crippen molar-refractivity contribution in [2.45, 2.75) is 123 Å². The Hall–Kier alpha value is -1.23. The standard InChI is InChI=1S/C27H46O2/c1-3-5-6-7-8-12-15-18-21-25-24-26(25)22-19-16-13-10-9-11-14-17-20-23-27(28)29-4-2/h20,23,25-26H,3-8,11-19,21-22,24H2,1-2H3/b23-20+/t25-,26+/m0/s1. The summed E-state index contributed by atoms with van der Waals surface area (Å²) in [6.45, 7) is 4.55. The summed E-state index contributed by atoms with van der Waals surface area (Å²) in [4.78, 5) is 11.1. The number of esters is 1. The number of carbonyl (C=O) groups is 1. The first-order chi connectivity index (χ1) is 14.3. The third-order valence-electron chi connectivity index (χ3n) is 5.96. The predicted molar refractivity (Wildman–Crippen MR) is 125 cm³/mol. The maximum absolute atomic E-state index is 11.1. The maximum atomic E-state index is 11.1. The molecule has 0 radical (unpaired) electrons. The highest BCUT2D eigenvalue weighted by Crippen LogP contribution is 2.45. The molecule has 0 aromatic heterocycles. The Morgan fingerprint density at radius 1 is 0.828 bits per heavy atom. The summed E-state index contributed by atoms with van der Waals surface area (Å²) >= 11 is 0. The lowest BCUT2D eigenvalue weighted by atomic mass is 10.0. The van der Waals surface area contributed by atoms with Crippen LogP contribution < -0.4 is 0 Å². The van der Waals surface area contributed by atoms with Crippen molar-refractivity contribution >= 4 is 5.97 Å². The van der Waals surface area contributed by atoms with Crippen molar-refractivity contribution < 1.29 is 9.53 Å². The monoisotopic (exact) mass is 402 g/mol. The first-order valence-electron chi connectivity index (χ1n) is 12.6. The van der Waals surface area contributed by atoms with Crippen molar-refractivity contribution in [3.8, 4) is 11.8 Å². The molecule has 1 saturated carbocycles. The normalized spacial score (nSPS) is 17.9. The average molecular weight is 403 g/mol. The SMILES string of the molecule is CCCCCCCCCC[C@H]1C[C@H]1CCCCC#CCCC/C=C/C(=O)OCC. The van der Waals surface area contributed by atoms with Crippen LogP contribution in [0.2, 0.25) is 0 Å². The molecule has 1 fully saturated rings. The lowest BCUT2D eigenvalue weighted by Gasteiger charge is -2.02. The topological polar surface area (TPSA) is 26.3 Å². The van der Waals surface area contributed by atoms with E-state index in [-0.39, 0.29) is 5.97 Å². The van der Waals surface area contributed by atoms with Crippen molar-refractivity contribution in [2.75, 3.05) is 6.61 Å². The van der Waals surface area contributed by atoms with E-state index in [2.05, 4.69) is 18.8 Å². The molecular formula is C27H46O2. The fraction of sp³-hybridized carbons (Fsp3) is 0.815. The van der Waals surface area contributed by atoms with Gasteiger partial charge in [-0.05, 0) is 44.4 Å². The summed E-state index contributed by atoms with van der Waals surface area (Å²) in [5.74, 6) is 8.44. The average Bonchev–Trinajstić information content (AvgIpc) is 3.46. The van der Waals surface area contributed by atoms with Crippen LogP contribution in [0.1, 0.15) is 123 Å². The van der Waals surface area contributed by atoms with Crippen LogP contribution in [0.3, 0.4) is 0 Å². The molecule has 0 spiro atoms. The molecule has 0 unspecified atom stereocenters. The minimum atomic E-state index is -0.241. The first-order valence-corrected chi connectivity index (χ1v) is 12.6. The van der Waals surface area contributed by atoms with Gasteiger partial charge < -0.3 is 4.74 Å². The number of unbranched alkanes of at least 4 members (excludes halogenated alkanes) is 11. The highest BCUT2D eigenvalue weighted by molar-refractivity contribution is 5.81. The van der Waals surface area contributed by atoms with Gasteiger partial charge in [0.1, 0.15) is 0 Å². The molecule has 2 atom stereocenters. The molecule has 166 valence electrons. The smallest absolute Gasteiger partial charge is 0.330 e. The molecule has 0 aliphatic heterocycles. The fourth-order valence-electron chi connectivity index (χ4n) is 4.03. The van der Waals surface area contributed by atoms with Gasteiger partial charge in [0.15, 0.2) is 0 Å². The van der Waals surface area contributed by atoms with Gasteiger partial charge in [-0.3, -0.25) is 0 Å². The second-order valence-corrected chi connectivity index (χ2v) is 8.67. The molecule has 0 aromatic carbocycles. The lowest BCUT2D eigenvalue weighted by molar-refractivity contribution is -0.137. The van der Waals surface area contributed by atoms with Crippen molar-refractivity contribution in [2.24, 2.45) is 11.8 Å². The molecule has 0 saturated heterocycles. The van der Waals surface area contributed by atoms with Crippen molar-refractivity contribution in [1.29, 1.82) is 0 Å². The highest BCUT2D eigenvalue weighted by atomic mass is 16.5. The van der Waals surface area contributed by atoms with Crippen LogP contribution in [-0.2, 0) is 9.53 Å². The molecule has 0 heterocycles. The van der Waals surface area contributed by atoms with Gasteiger partial charge in [-0.2, -0.15) is 0 Å². The lowest BCUT2D eigenvalue weighted by Crippen LogP contribution is -1.98. The van der Waals surface area contributed by atoms with E-state index in [1.807, 2.05) is 13.0 Å². The van der Waals surface area contributed by atoms with Gasteiger partial charge in [-0.25, -0.2) is 4.79 Å². The molecule has 1 rings (SSSR count). The summed E-state index contributed by atoms with van der Waals surface area (Å²) in [6, 6.07) is 0. The van der Waals surface area contributed by atoms with E-state index in [9.17, 15) is 4.79 Å². The van der Waals surface area contributed by atoms with Crippen LogP contribution in [0, 0.1) is 23.7 Å². The van der Waals surface area contributed by atoms with Gasteiger partial charge >= 0.3 is 5.97 Å². The van der Waals surface area contributed by atoms with E-state index in [0.717, 1.165) is 37.5 Å². The van der Waals surface area contributed by atoms with E-state index >= 15 is 0 Å². The summed E-state index contributed by atoms with van der Waals surface area (Å²) in [5, 5.41) is 0. The van der Waals surface area contributed by atoms with Crippen molar-refractivity contribution in [3.63, 3.8) is 0 Å². The second kappa shape index (κ2) is 18.8. The molecule has 0 aromatic rings. The molecule has 2 nitrogen and oxygen atoms in total. The molecule has 0 amide bonds. The van der Waals surface area contributed by atoms with Crippen LogP contribution in [-0.4, -0.2) is 12.6 Å². The molecule has 2 heteroatoms. The minimum absolute atomic E-state index is 0.241. The molecule has 0 N–H and O–H groups in total. The largest absolute Gasteiger partial charge is 0.463 e. The number of hydrogen-bond acceptors (Lipinski definition) is 2. The van der Waals surface area contributed by atoms with Gasteiger partial charge in [0.25, 0.3) is 0 Å². The second-order valence-electron chi connectivity index (χ2n) is 8.67. The van der Waals surface area contributed by atoms with E-state index in [1.54, 1.807) is 0 Å². The quantitative estimate of drug-likeness (QED) is 0.100. The van der Waals surface area contributed by atoms with Gasteiger partial charge in [-0.1, -0.05) is 83.6 Å². The molecule has 1 aliphatic rings.